The first-order chi connectivity index (χ1) is 11.7. The zero-order chi connectivity index (χ0) is 18.4. The van der Waals surface area contributed by atoms with Crippen molar-refractivity contribution in [2.24, 2.45) is 0 Å². The Morgan fingerprint density at radius 2 is 1.84 bits per heavy atom. The average molecular weight is 354 g/mol. The Morgan fingerprint density at radius 3 is 2.44 bits per heavy atom. The summed E-state index contributed by atoms with van der Waals surface area (Å²) in [6, 6.07) is 11.0. The molecule has 0 saturated heterocycles. The summed E-state index contributed by atoms with van der Waals surface area (Å²) in [7, 11) is 0. The molecule has 0 fully saturated rings. The van der Waals surface area contributed by atoms with Gasteiger partial charge in [-0.3, -0.25) is 14.9 Å². The molecule has 0 radical (unpaired) electrons. The first-order valence-electron chi connectivity index (χ1n) is 7.06. The van der Waals surface area contributed by atoms with E-state index in [1.54, 1.807) is 6.07 Å². The molecule has 0 aliphatic carbocycles. The van der Waals surface area contributed by atoms with Crippen molar-refractivity contribution in [1.82, 2.24) is 5.32 Å². The van der Waals surface area contributed by atoms with Gasteiger partial charge in [-0.2, -0.15) is 13.2 Å². The molecule has 0 aromatic heterocycles. The molecule has 6 nitrogen and oxygen atoms in total. The minimum atomic E-state index is -4.43. The Labute approximate surface area is 140 Å². The molecule has 0 saturated carbocycles. The second-order valence-electron chi connectivity index (χ2n) is 5.04. The van der Waals surface area contributed by atoms with Crippen LogP contribution in [0.4, 0.5) is 18.9 Å². The number of alkyl halides is 3. The van der Waals surface area contributed by atoms with Crippen LogP contribution in [-0.4, -0.2) is 23.6 Å². The number of rotatable bonds is 6. The number of nitrogens with one attached hydrogen (secondary N) is 1. The number of benzene rings is 2. The maximum absolute atomic E-state index is 12.1. The Bertz CT molecular complexity index is 761. The monoisotopic (exact) mass is 354 g/mol. The van der Waals surface area contributed by atoms with Crippen LogP contribution >= 0.6 is 0 Å². The third-order valence-corrected chi connectivity index (χ3v) is 3.09. The van der Waals surface area contributed by atoms with Gasteiger partial charge in [0.15, 0.2) is 6.61 Å². The second-order valence-corrected chi connectivity index (χ2v) is 5.04. The van der Waals surface area contributed by atoms with Gasteiger partial charge in [0.25, 0.3) is 11.6 Å². The smallest absolute Gasteiger partial charge is 0.422 e. The van der Waals surface area contributed by atoms with E-state index in [0.29, 0.717) is 5.56 Å². The van der Waals surface area contributed by atoms with Gasteiger partial charge < -0.3 is 10.1 Å². The third-order valence-electron chi connectivity index (χ3n) is 3.09. The lowest BCUT2D eigenvalue weighted by molar-refractivity contribution is -0.384. The minimum absolute atomic E-state index is 0.0411. The summed E-state index contributed by atoms with van der Waals surface area (Å²) in [6.45, 7) is -1.33. The number of non-ortho nitro benzene ring substituents is 1. The van der Waals surface area contributed by atoms with Crippen molar-refractivity contribution >= 4 is 11.6 Å². The van der Waals surface area contributed by atoms with E-state index in [9.17, 15) is 28.1 Å². The van der Waals surface area contributed by atoms with Crippen LogP contribution in [0, 0.1) is 10.1 Å². The predicted octanol–water partition coefficient (Wildman–Crippen LogP) is 3.47. The molecule has 132 valence electrons. The van der Waals surface area contributed by atoms with Gasteiger partial charge in [-0.05, 0) is 29.8 Å². The summed E-state index contributed by atoms with van der Waals surface area (Å²) in [4.78, 5) is 22.0. The molecule has 2 aromatic carbocycles. The minimum Gasteiger partial charge on any atom is -0.484 e. The molecule has 1 amide bonds. The summed E-state index contributed by atoms with van der Waals surface area (Å²) >= 11 is 0. The van der Waals surface area contributed by atoms with E-state index in [-0.39, 0.29) is 23.5 Å². The van der Waals surface area contributed by atoms with E-state index in [2.05, 4.69) is 10.1 Å². The second kappa shape index (κ2) is 7.65. The third kappa shape index (κ3) is 5.79. The molecule has 0 heterocycles. The van der Waals surface area contributed by atoms with Crippen molar-refractivity contribution in [1.29, 1.82) is 0 Å². The Hall–Kier alpha value is -3.10. The van der Waals surface area contributed by atoms with Crippen molar-refractivity contribution in [3.8, 4) is 5.75 Å². The van der Waals surface area contributed by atoms with Crippen LogP contribution in [0.2, 0.25) is 0 Å². The van der Waals surface area contributed by atoms with Crippen LogP contribution < -0.4 is 10.1 Å². The lowest BCUT2D eigenvalue weighted by Crippen LogP contribution is -2.23. The van der Waals surface area contributed by atoms with Gasteiger partial charge in [0.1, 0.15) is 5.75 Å². The lowest BCUT2D eigenvalue weighted by atomic mass is 10.1. The normalized spacial score (nSPS) is 11.0. The highest BCUT2D eigenvalue weighted by Gasteiger charge is 2.28. The van der Waals surface area contributed by atoms with Gasteiger partial charge in [-0.15, -0.1) is 0 Å². The molecule has 25 heavy (non-hydrogen) atoms. The lowest BCUT2D eigenvalue weighted by Gasteiger charge is -2.10. The van der Waals surface area contributed by atoms with E-state index < -0.39 is 23.6 Å². The Morgan fingerprint density at radius 1 is 1.16 bits per heavy atom. The zero-order valence-corrected chi connectivity index (χ0v) is 12.7. The number of carbonyl (C=O) groups excluding carboxylic acids is 1. The van der Waals surface area contributed by atoms with Crippen LogP contribution in [0.3, 0.4) is 0 Å². The molecule has 0 bridgehead atoms. The van der Waals surface area contributed by atoms with Gasteiger partial charge in [0.05, 0.1) is 4.92 Å². The fourth-order valence-electron chi connectivity index (χ4n) is 1.93. The highest BCUT2D eigenvalue weighted by atomic mass is 19.4. The number of halogens is 3. The fourth-order valence-corrected chi connectivity index (χ4v) is 1.93. The highest BCUT2D eigenvalue weighted by Crippen LogP contribution is 2.19. The molecule has 2 rings (SSSR count). The number of carbonyl (C=O) groups is 1. The first-order valence-corrected chi connectivity index (χ1v) is 7.06. The summed E-state index contributed by atoms with van der Waals surface area (Å²) in [5.41, 5.74) is 0.649. The molecule has 2 aromatic rings. The quantitative estimate of drug-likeness (QED) is 0.636. The maximum Gasteiger partial charge on any atom is 0.422 e. The molecule has 0 atom stereocenters. The molecular weight excluding hydrogens is 341 g/mol. The van der Waals surface area contributed by atoms with Crippen LogP contribution in [0.1, 0.15) is 15.9 Å². The summed E-state index contributed by atoms with van der Waals surface area (Å²) < 4.78 is 41.0. The van der Waals surface area contributed by atoms with Gasteiger partial charge in [0.2, 0.25) is 0 Å². The van der Waals surface area contributed by atoms with Gasteiger partial charge in [0, 0.05) is 24.2 Å². The largest absolute Gasteiger partial charge is 0.484 e. The molecule has 9 heteroatoms. The number of hydrogen-bond acceptors (Lipinski definition) is 4. The number of nitrogens with zero attached hydrogens (tertiary/aromatic N) is 1. The molecule has 0 aliphatic rings. The standard InChI is InChI=1S/C16H13F3N2O4/c17-16(18,19)10-25-14-3-1-2-11(8-14)9-20-15(22)12-4-6-13(7-5-12)21(23)24/h1-8H,9-10H2,(H,20,22). The maximum atomic E-state index is 12.1. The topological polar surface area (TPSA) is 81.5 Å². The Balaban J connectivity index is 1.94. The summed E-state index contributed by atoms with van der Waals surface area (Å²) in [5.74, 6) is -0.420. The predicted molar refractivity (Wildman–Crippen MR) is 82.3 cm³/mol. The van der Waals surface area contributed by atoms with E-state index in [1.807, 2.05) is 0 Å². The summed E-state index contributed by atoms with van der Waals surface area (Å²) in [6.07, 6.45) is -4.43. The van der Waals surface area contributed by atoms with Gasteiger partial charge in [-0.25, -0.2) is 0 Å². The first kappa shape index (κ1) is 18.2. The number of amides is 1. The molecular formula is C16H13F3N2O4. The number of ether oxygens (including phenoxy) is 1. The fraction of sp³-hybridized carbons (Fsp3) is 0.188. The van der Waals surface area contributed by atoms with Crippen LogP contribution in [0.25, 0.3) is 0 Å². The molecule has 0 unspecified atom stereocenters. The van der Waals surface area contributed by atoms with Crippen molar-refractivity contribution < 1.29 is 27.6 Å². The van der Waals surface area contributed by atoms with E-state index in [0.717, 1.165) is 0 Å². The van der Waals surface area contributed by atoms with Gasteiger partial charge in [-0.1, -0.05) is 12.1 Å². The van der Waals surface area contributed by atoms with Crippen molar-refractivity contribution in [3.63, 3.8) is 0 Å². The molecule has 1 N–H and O–H groups in total. The van der Waals surface area contributed by atoms with Crippen LogP contribution in [0.15, 0.2) is 48.5 Å². The van der Waals surface area contributed by atoms with Crippen molar-refractivity contribution in [2.45, 2.75) is 12.7 Å². The van der Waals surface area contributed by atoms with E-state index >= 15 is 0 Å². The number of hydrogen-bond donors (Lipinski definition) is 1. The average Bonchev–Trinajstić information content (AvgIpc) is 2.58. The number of nitro groups is 1. The SMILES string of the molecule is O=C(NCc1cccc(OCC(F)(F)F)c1)c1ccc([N+](=O)[O-])cc1. The van der Waals surface area contributed by atoms with Crippen molar-refractivity contribution in [2.75, 3.05) is 6.61 Å². The number of nitro benzene ring substituents is 1. The Kier molecular flexibility index (Phi) is 5.58. The molecule has 0 aliphatic heterocycles. The molecule has 0 spiro atoms. The zero-order valence-electron chi connectivity index (χ0n) is 12.7. The van der Waals surface area contributed by atoms with Crippen LogP contribution in [-0.2, 0) is 6.54 Å². The van der Waals surface area contributed by atoms with E-state index in [1.165, 1.54) is 42.5 Å². The summed E-state index contributed by atoms with van der Waals surface area (Å²) in [5, 5.41) is 13.1. The van der Waals surface area contributed by atoms with Gasteiger partial charge >= 0.3 is 6.18 Å². The van der Waals surface area contributed by atoms with Crippen LogP contribution in [0.5, 0.6) is 5.75 Å². The van der Waals surface area contributed by atoms with Crippen molar-refractivity contribution in [3.05, 3.63) is 69.8 Å². The highest BCUT2D eigenvalue weighted by molar-refractivity contribution is 5.94. The van der Waals surface area contributed by atoms with E-state index in [4.69, 9.17) is 0 Å².